The molecule has 0 saturated heterocycles. The minimum absolute atomic E-state index is 0.0564. The second kappa shape index (κ2) is 4.43. The van der Waals surface area contributed by atoms with Crippen LogP contribution in [0.25, 0.3) is 0 Å². The van der Waals surface area contributed by atoms with Crippen molar-refractivity contribution < 1.29 is 9.90 Å². The highest BCUT2D eigenvalue weighted by atomic mass is 16.3. The minimum Gasteiger partial charge on any atom is -0.507 e. The molecule has 0 amide bonds. The maximum Gasteiger partial charge on any atom is 0.163 e. The summed E-state index contributed by atoms with van der Waals surface area (Å²) in [6.45, 7) is 3.14. The molecule has 0 atom stereocenters. The summed E-state index contributed by atoms with van der Waals surface area (Å²) in [6.07, 6.45) is 0. The van der Waals surface area contributed by atoms with Crippen molar-refractivity contribution in [3.63, 3.8) is 0 Å². The molecule has 0 radical (unpaired) electrons. The zero-order valence-corrected chi connectivity index (χ0v) is 10.8. The van der Waals surface area contributed by atoms with E-state index in [2.05, 4.69) is 17.0 Å². The molecule has 3 rings (SSSR count). The number of carbonyl (C=O) groups is 1. The Bertz CT molecular complexity index is 624. The summed E-state index contributed by atoms with van der Waals surface area (Å²) in [5.74, 6) is -0.0604. The van der Waals surface area contributed by atoms with E-state index in [4.69, 9.17) is 0 Å². The molecule has 0 saturated carbocycles. The van der Waals surface area contributed by atoms with Crippen molar-refractivity contribution in [3.8, 4) is 5.75 Å². The normalized spacial score (nSPS) is 13.4. The highest BCUT2D eigenvalue weighted by Gasteiger charge is 2.19. The zero-order valence-electron chi connectivity index (χ0n) is 10.8. The fourth-order valence-electron chi connectivity index (χ4n) is 2.53. The first-order chi connectivity index (χ1) is 9.15. The van der Waals surface area contributed by atoms with Gasteiger partial charge in [0.25, 0.3) is 0 Å². The van der Waals surface area contributed by atoms with Crippen LogP contribution in [0.1, 0.15) is 28.4 Å². The third-order valence-corrected chi connectivity index (χ3v) is 3.57. The van der Waals surface area contributed by atoms with Gasteiger partial charge in [-0.15, -0.1) is 0 Å². The van der Waals surface area contributed by atoms with Gasteiger partial charge in [0.05, 0.1) is 5.56 Å². The lowest BCUT2D eigenvalue weighted by Crippen LogP contribution is -2.14. The van der Waals surface area contributed by atoms with Gasteiger partial charge in [-0.25, -0.2) is 0 Å². The first kappa shape index (κ1) is 11.8. The molecule has 2 aromatic rings. The van der Waals surface area contributed by atoms with E-state index in [9.17, 15) is 9.90 Å². The van der Waals surface area contributed by atoms with E-state index in [1.807, 2.05) is 18.2 Å². The van der Waals surface area contributed by atoms with Gasteiger partial charge in [-0.05, 0) is 30.2 Å². The number of ketones is 1. The van der Waals surface area contributed by atoms with Crippen molar-refractivity contribution in [1.29, 1.82) is 0 Å². The summed E-state index contributed by atoms with van der Waals surface area (Å²) < 4.78 is 0. The minimum atomic E-state index is -0.117. The standard InChI is InChI=1S/C16H15NO2/c1-11(18)15-7-6-14(8-16(15)19)17-9-12-4-2-3-5-13(12)10-17/h2-8,19H,9-10H2,1H3. The predicted octanol–water partition coefficient (Wildman–Crippen LogP) is 3.12. The Morgan fingerprint density at radius 1 is 1.11 bits per heavy atom. The highest BCUT2D eigenvalue weighted by Crippen LogP contribution is 2.31. The topological polar surface area (TPSA) is 40.5 Å². The van der Waals surface area contributed by atoms with Crippen LogP contribution in [0.5, 0.6) is 5.75 Å². The molecule has 19 heavy (non-hydrogen) atoms. The first-order valence-electron chi connectivity index (χ1n) is 6.31. The number of hydrogen-bond donors (Lipinski definition) is 1. The Kier molecular flexibility index (Phi) is 2.75. The molecular formula is C16H15NO2. The summed E-state index contributed by atoms with van der Waals surface area (Å²) in [4.78, 5) is 13.5. The van der Waals surface area contributed by atoms with Crippen molar-refractivity contribution in [2.45, 2.75) is 20.0 Å². The van der Waals surface area contributed by atoms with E-state index in [1.54, 1.807) is 12.1 Å². The van der Waals surface area contributed by atoms with Gasteiger partial charge in [-0.2, -0.15) is 0 Å². The number of carbonyl (C=O) groups excluding carboxylic acids is 1. The van der Waals surface area contributed by atoms with Crippen molar-refractivity contribution in [1.82, 2.24) is 0 Å². The number of benzene rings is 2. The van der Waals surface area contributed by atoms with Crippen LogP contribution in [0.2, 0.25) is 0 Å². The largest absolute Gasteiger partial charge is 0.507 e. The number of hydrogen-bond acceptors (Lipinski definition) is 3. The fraction of sp³-hybridized carbons (Fsp3) is 0.188. The number of rotatable bonds is 2. The Morgan fingerprint density at radius 2 is 1.74 bits per heavy atom. The van der Waals surface area contributed by atoms with E-state index in [1.165, 1.54) is 18.1 Å². The predicted molar refractivity (Wildman–Crippen MR) is 74.4 cm³/mol. The molecule has 0 spiro atoms. The van der Waals surface area contributed by atoms with Crippen LogP contribution in [0.15, 0.2) is 42.5 Å². The van der Waals surface area contributed by atoms with Crippen LogP contribution in [0.4, 0.5) is 5.69 Å². The van der Waals surface area contributed by atoms with Crippen LogP contribution in [-0.4, -0.2) is 10.9 Å². The molecule has 96 valence electrons. The highest BCUT2D eigenvalue weighted by molar-refractivity contribution is 5.97. The average Bonchev–Trinajstić information content (AvgIpc) is 2.81. The van der Waals surface area contributed by atoms with Crippen LogP contribution in [0.3, 0.4) is 0 Å². The fourth-order valence-corrected chi connectivity index (χ4v) is 2.53. The van der Waals surface area contributed by atoms with Gasteiger partial charge in [0.2, 0.25) is 0 Å². The van der Waals surface area contributed by atoms with Gasteiger partial charge >= 0.3 is 0 Å². The molecule has 1 aliphatic rings. The van der Waals surface area contributed by atoms with Crippen LogP contribution < -0.4 is 4.90 Å². The number of phenolic OH excluding ortho intramolecular Hbond substituents is 1. The quantitative estimate of drug-likeness (QED) is 0.836. The van der Waals surface area contributed by atoms with E-state index in [0.29, 0.717) is 5.56 Å². The van der Waals surface area contributed by atoms with Crippen molar-refractivity contribution in [2.24, 2.45) is 0 Å². The van der Waals surface area contributed by atoms with E-state index >= 15 is 0 Å². The van der Waals surface area contributed by atoms with Crippen molar-refractivity contribution in [2.75, 3.05) is 4.90 Å². The summed E-state index contributed by atoms with van der Waals surface area (Å²) in [6, 6.07) is 13.6. The number of aromatic hydroxyl groups is 1. The number of anilines is 1. The first-order valence-corrected chi connectivity index (χ1v) is 6.31. The number of fused-ring (bicyclic) bond motifs is 1. The molecule has 0 aromatic heterocycles. The summed E-state index contributed by atoms with van der Waals surface area (Å²) in [7, 11) is 0. The molecule has 3 nitrogen and oxygen atoms in total. The van der Waals surface area contributed by atoms with Gasteiger partial charge in [0.15, 0.2) is 5.78 Å². The van der Waals surface area contributed by atoms with Crippen molar-refractivity contribution in [3.05, 3.63) is 59.2 Å². The van der Waals surface area contributed by atoms with Gasteiger partial charge in [0, 0.05) is 24.8 Å². The summed E-state index contributed by atoms with van der Waals surface area (Å²) in [5.41, 5.74) is 3.95. The molecule has 1 heterocycles. The zero-order chi connectivity index (χ0) is 13.4. The maximum absolute atomic E-state index is 11.3. The van der Waals surface area contributed by atoms with Gasteiger partial charge < -0.3 is 10.0 Å². The smallest absolute Gasteiger partial charge is 0.163 e. The number of Topliss-reactive ketones (excluding diaryl/α,β-unsaturated/α-hetero) is 1. The molecular weight excluding hydrogens is 238 g/mol. The Hall–Kier alpha value is -2.29. The lowest BCUT2D eigenvalue weighted by Gasteiger charge is -2.18. The van der Waals surface area contributed by atoms with Crippen LogP contribution in [0, 0.1) is 0 Å². The third kappa shape index (κ3) is 2.08. The molecule has 0 bridgehead atoms. The lowest BCUT2D eigenvalue weighted by molar-refractivity contribution is 0.101. The summed E-state index contributed by atoms with van der Waals surface area (Å²) >= 11 is 0. The molecule has 1 aliphatic heterocycles. The second-order valence-electron chi connectivity index (χ2n) is 4.88. The van der Waals surface area contributed by atoms with Gasteiger partial charge in [0.1, 0.15) is 5.75 Å². The molecule has 1 N–H and O–H groups in total. The number of phenols is 1. The summed E-state index contributed by atoms with van der Waals surface area (Å²) in [5, 5.41) is 9.89. The average molecular weight is 253 g/mol. The Labute approximate surface area is 112 Å². The van der Waals surface area contributed by atoms with E-state index in [-0.39, 0.29) is 11.5 Å². The molecule has 2 aromatic carbocycles. The molecule has 3 heteroatoms. The Morgan fingerprint density at radius 3 is 2.26 bits per heavy atom. The van der Waals surface area contributed by atoms with Crippen molar-refractivity contribution >= 4 is 11.5 Å². The van der Waals surface area contributed by atoms with E-state index in [0.717, 1.165) is 18.8 Å². The van der Waals surface area contributed by atoms with E-state index < -0.39 is 0 Å². The Balaban J connectivity index is 1.90. The maximum atomic E-state index is 11.3. The van der Waals surface area contributed by atoms with Crippen LogP contribution in [-0.2, 0) is 13.1 Å². The van der Waals surface area contributed by atoms with Crippen LogP contribution >= 0.6 is 0 Å². The second-order valence-corrected chi connectivity index (χ2v) is 4.88. The van der Waals surface area contributed by atoms with Gasteiger partial charge in [-0.1, -0.05) is 24.3 Å². The van der Waals surface area contributed by atoms with Gasteiger partial charge in [-0.3, -0.25) is 4.79 Å². The number of nitrogens with zero attached hydrogens (tertiary/aromatic N) is 1. The lowest BCUT2D eigenvalue weighted by atomic mass is 10.1. The molecule has 0 aliphatic carbocycles. The third-order valence-electron chi connectivity index (χ3n) is 3.57. The SMILES string of the molecule is CC(=O)c1ccc(N2Cc3ccccc3C2)cc1O. The molecule has 0 fully saturated rings. The monoisotopic (exact) mass is 253 g/mol. The molecule has 0 unspecified atom stereocenters.